The number of para-hydroxylation sites is 1. The average Bonchev–Trinajstić information content (AvgIpc) is 3.43. The number of fused-ring (bicyclic) bond motifs is 1. The van der Waals surface area contributed by atoms with E-state index in [1.165, 1.54) is 17.3 Å². The summed E-state index contributed by atoms with van der Waals surface area (Å²) in [6, 6.07) is 17.2. The molecule has 2 aromatic heterocycles. The summed E-state index contributed by atoms with van der Waals surface area (Å²) < 4.78 is 7.34. The molecular weight excluding hydrogens is 390 g/mol. The molecule has 2 aliphatic rings. The summed E-state index contributed by atoms with van der Waals surface area (Å²) in [5.74, 6) is 1.51. The third-order valence-corrected chi connectivity index (χ3v) is 6.46. The Morgan fingerprint density at radius 2 is 1.77 bits per heavy atom. The molecule has 31 heavy (non-hydrogen) atoms. The van der Waals surface area contributed by atoms with E-state index < -0.39 is 0 Å². The van der Waals surface area contributed by atoms with E-state index in [9.17, 15) is 9.59 Å². The third kappa shape index (κ3) is 4.15. The minimum Gasteiger partial charge on any atom is -0.454 e. The lowest BCUT2D eigenvalue weighted by molar-refractivity contribution is 0.0658. The van der Waals surface area contributed by atoms with Gasteiger partial charge >= 0.3 is 0 Å². The maximum atomic E-state index is 12.9. The lowest BCUT2D eigenvalue weighted by Crippen LogP contribution is -2.41. The van der Waals surface area contributed by atoms with Gasteiger partial charge < -0.3 is 18.8 Å². The first-order valence-electron chi connectivity index (χ1n) is 11.0. The van der Waals surface area contributed by atoms with Crippen molar-refractivity contribution in [2.75, 3.05) is 31.1 Å². The first-order valence-corrected chi connectivity index (χ1v) is 11.0. The van der Waals surface area contributed by atoms with E-state index >= 15 is 0 Å². The van der Waals surface area contributed by atoms with Gasteiger partial charge in [0.2, 0.25) is 0 Å². The van der Waals surface area contributed by atoms with Crippen molar-refractivity contribution in [3.63, 3.8) is 0 Å². The first-order chi connectivity index (χ1) is 15.2. The monoisotopic (exact) mass is 417 g/mol. The molecule has 0 radical (unpaired) electrons. The number of furan rings is 1. The Hall–Kier alpha value is -3.28. The van der Waals surface area contributed by atoms with Crippen molar-refractivity contribution >= 4 is 11.6 Å². The molecule has 2 aliphatic heterocycles. The molecule has 1 saturated heterocycles. The Morgan fingerprint density at radius 3 is 2.61 bits per heavy atom. The number of pyridine rings is 1. The average molecular weight is 418 g/mol. The molecule has 6 heteroatoms. The van der Waals surface area contributed by atoms with Crippen LogP contribution in [-0.2, 0) is 13.0 Å². The minimum absolute atomic E-state index is 0.0587. The fourth-order valence-electron chi connectivity index (χ4n) is 4.72. The van der Waals surface area contributed by atoms with Crippen LogP contribution in [0.15, 0.2) is 70.0 Å². The van der Waals surface area contributed by atoms with E-state index in [0.717, 1.165) is 45.4 Å². The van der Waals surface area contributed by atoms with E-state index in [0.29, 0.717) is 24.0 Å². The standard InChI is InChI=1S/C25H27N3O3/c29-24-7-3-4-13-28(24)18-21-8-9-23(31-21)25(30)26-14-10-19(11-15-26)17-27-16-12-20-5-1-2-6-22(20)27/h1-9,13,19H,10-12,14-18H2. The topological polar surface area (TPSA) is 58.7 Å². The van der Waals surface area contributed by atoms with Gasteiger partial charge in [0.25, 0.3) is 11.5 Å². The van der Waals surface area contributed by atoms with Gasteiger partial charge in [-0.15, -0.1) is 0 Å². The van der Waals surface area contributed by atoms with Crippen molar-refractivity contribution < 1.29 is 9.21 Å². The number of carbonyl (C=O) groups is 1. The molecule has 0 unspecified atom stereocenters. The Kier molecular flexibility index (Phi) is 5.37. The second-order valence-corrected chi connectivity index (χ2v) is 8.49. The van der Waals surface area contributed by atoms with Crippen LogP contribution >= 0.6 is 0 Å². The van der Waals surface area contributed by atoms with Crippen molar-refractivity contribution in [1.29, 1.82) is 0 Å². The molecule has 0 aliphatic carbocycles. The van der Waals surface area contributed by atoms with Gasteiger partial charge in [-0.1, -0.05) is 24.3 Å². The molecule has 0 bridgehead atoms. The number of hydrogen-bond donors (Lipinski definition) is 0. The second-order valence-electron chi connectivity index (χ2n) is 8.49. The van der Waals surface area contributed by atoms with Gasteiger partial charge in [0.05, 0.1) is 6.54 Å². The Balaban J connectivity index is 1.16. The number of anilines is 1. The largest absolute Gasteiger partial charge is 0.454 e. The summed E-state index contributed by atoms with van der Waals surface area (Å²) in [4.78, 5) is 29.2. The third-order valence-electron chi connectivity index (χ3n) is 6.46. The molecular formula is C25H27N3O3. The highest BCUT2D eigenvalue weighted by Crippen LogP contribution is 2.30. The van der Waals surface area contributed by atoms with Gasteiger partial charge in [0.15, 0.2) is 5.76 Å². The number of likely N-dealkylation sites (tertiary alicyclic amines) is 1. The van der Waals surface area contributed by atoms with Crippen LogP contribution in [0.1, 0.15) is 34.7 Å². The summed E-state index contributed by atoms with van der Waals surface area (Å²) in [5, 5.41) is 0. The fourth-order valence-corrected chi connectivity index (χ4v) is 4.72. The predicted molar refractivity (Wildman–Crippen MR) is 119 cm³/mol. The molecule has 1 amide bonds. The van der Waals surface area contributed by atoms with Gasteiger partial charge in [-0.05, 0) is 55.0 Å². The summed E-state index contributed by atoms with van der Waals surface area (Å²) in [6.07, 6.45) is 4.87. The fraction of sp³-hybridized carbons (Fsp3) is 0.360. The summed E-state index contributed by atoms with van der Waals surface area (Å²) in [6.45, 7) is 4.00. The van der Waals surface area contributed by atoms with Crippen molar-refractivity contribution in [2.24, 2.45) is 5.92 Å². The highest BCUT2D eigenvalue weighted by molar-refractivity contribution is 5.91. The van der Waals surface area contributed by atoms with E-state index in [1.807, 2.05) is 4.90 Å². The number of piperidine rings is 1. The molecule has 1 fully saturated rings. The summed E-state index contributed by atoms with van der Waals surface area (Å²) >= 11 is 0. The Morgan fingerprint density at radius 1 is 0.968 bits per heavy atom. The zero-order valence-electron chi connectivity index (χ0n) is 17.6. The number of rotatable bonds is 5. The normalized spacial score (nSPS) is 16.5. The maximum absolute atomic E-state index is 12.9. The molecule has 5 rings (SSSR count). The zero-order chi connectivity index (χ0) is 21.2. The minimum atomic E-state index is -0.0884. The smallest absolute Gasteiger partial charge is 0.289 e. The van der Waals surface area contributed by atoms with Crippen LogP contribution in [0.4, 0.5) is 5.69 Å². The van der Waals surface area contributed by atoms with Crippen molar-refractivity contribution in [2.45, 2.75) is 25.8 Å². The van der Waals surface area contributed by atoms with Gasteiger partial charge in [0, 0.05) is 44.1 Å². The van der Waals surface area contributed by atoms with Crippen LogP contribution < -0.4 is 10.5 Å². The van der Waals surface area contributed by atoms with Crippen LogP contribution in [0.3, 0.4) is 0 Å². The van der Waals surface area contributed by atoms with Crippen molar-refractivity contribution in [3.05, 3.63) is 88.2 Å². The second kappa shape index (κ2) is 8.46. The number of amides is 1. The molecule has 6 nitrogen and oxygen atoms in total. The number of hydrogen-bond acceptors (Lipinski definition) is 4. The van der Waals surface area contributed by atoms with Crippen molar-refractivity contribution in [3.8, 4) is 0 Å². The lowest BCUT2D eigenvalue weighted by atomic mass is 9.96. The van der Waals surface area contributed by atoms with Crippen molar-refractivity contribution in [1.82, 2.24) is 9.47 Å². The Labute approximate surface area is 181 Å². The highest BCUT2D eigenvalue weighted by atomic mass is 16.4. The number of nitrogens with zero attached hydrogens (tertiary/aromatic N) is 3. The molecule has 160 valence electrons. The predicted octanol–water partition coefficient (Wildman–Crippen LogP) is 3.40. The van der Waals surface area contributed by atoms with Gasteiger partial charge in [-0.2, -0.15) is 0 Å². The van der Waals surface area contributed by atoms with E-state index in [4.69, 9.17) is 4.42 Å². The SMILES string of the molecule is O=C(c1ccc(Cn2ccccc2=O)o1)N1CCC(CN2CCc3ccccc32)CC1. The summed E-state index contributed by atoms with van der Waals surface area (Å²) in [7, 11) is 0. The Bertz CT molecular complexity index is 1120. The molecule has 1 aromatic carbocycles. The van der Waals surface area contributed by atoms with Gasteiger partial charge in [0.1, 0.15) is 5.76 Å². The molecule has 0 N–H and O–H groups in total. The molecule has 4 heterocycles. The molecule has 3 aromatic rings. The van der Waals surface area contributed by atoms with Crippen LogP contribution in [0.5, 0.6) is 0 Å². The number of carbonyl (C=O) groups excluding carboxylic acids is 1. The summed E-state index contributed by atoms with van der Waals surface area (Å²) in [5.41, 5.74) is 2.73. The molecule has 0 atom stereocenters. The van der Waals surface area contributed by atoms with E-state index in [-0.39, 0.29) is 11.5 Å². The molecule has 0 saturated carbocycles. The van der Waals surface area contributed by atoms with Crippen LogP contribution in [0.25, 0.3) is 0 Å². The maximum Gasteiger partial charge on any atom is 0.289 e. The van der Waals surface area contributed by atoms with Crippen LogP contribution in [0.2, 0.25) is 0 Å². The van der Waals surface area contributed by atoms with Crippen LogP contribution in [-0.4, -0.2) is 41.6 Å². The number of aromatic nitrogens is 1. The van der Waals surface area contributed by atoms with Crippen LogP contribution in [0, 0.1) is 5.92 Å². The van der Waals surface area contributed by atoms with E-state index in [2.05, 4.69) is 29.2 Å². The zero-order valence-corrected chi connectivity index (χ0v) is 17.6. The number of benzene rings is 1. The first kappa shape index (κ1) is 19.7. The highest BCUT2D eigenvalue weighted by Gasteiger charge is 2.28. The molecule has 0 spiro atoms. The van der Waals surface area contributed by atoms with Gasteiger partial charge in [-0.3, -0.25) is 9.59 Å². The van der Waals surface area contributed by atoms with E-state index in [1.54, 1.807) is 35.0 Å². The lowest BCUT2D eigenvalue weighted by Gasteiger charge is -2.34. The quantitative estimate of drug-likeness (QED) is 0.638. The van der Waals surface area contributed by atoms with Gasteiger partial charge in [-0.25, -0.2) is 0 Å².